The molecule has 4 rings (SSSR count). The Morgan fingerprint density at radius 2 is 1.66 bits per heavy atom. The summed E-state index contributed by atoms with van der Waals surface area (Å²) in [6.45, 7) is 0. The van der Waals surface area contributed by atoms with Crippen LogP contribution in [0.1, 0.15) is 48.9 Å². The normalized spacial score (nSPS) is 22.3. The summed E-state index contributed by atoms with van der Waals surface area (Å²) < 4.78 is 39.2. The van der Waals surface area contributed by atoms with E-state index < -0.39 is 24.0 Å². The Hall–Kier alpha value is -2.57. The van der Waals surface area contributed by atoms with E-state index in [4.69, 9.17) is 0 Å². The molecule has 2 aromatic carbocycles. The second-order valence-electron chi connectivity index (χ2n) is 8.08. The Bertz CT molecular complexity index is 937. The van der Waals surface area contributed by atoms with Gasteiger partial charge in [0.15, 0.2) is 0 Å². The number of nitrogens with one attached hydrogen (secondary N) is 2. The van der Waals surface area contributed by atoms with Crippen molar-refractivity contribution in [2.75, 3.05) is 5.32 Å². The highest BCUT2D eigenvalue weighted by molar-refractivity contribution is 6.08. The quantitative estimate of drug-likeness (QED) is 0.750. The van der Waals surface area contributed by atoms with E-state index in [2.05, 4.69) is 10.6 Å². The number of carbonyl (C=O) groups is 2. The lowest BCUT2D eigenvalue weighted by molar-refractivity contribution is -0.183. The zero-order valence-corrected chi connectivity index (χ0v) is 15.9. The Morgan fingerprint density at radius 3 is 2.31 bits per heavy atom. The summed E-state index contributed by atoms with van der Waals surface area (Å²) in [6.07, 6.45) is -1.62. The van der Waals surface area contributed by atoms with Crippen molar-refractivity contribution in [3.8, 4) is 0 Å². The molecule has 0 aliphatic heterocycles. The molecule has 2 aromatic rings. The van der Waals surface area contributed by atoms with E-state index >= 15 is 0 Å². The predicted octanol–water partition coefficient (Wildman–Crippen LogP) is 5.04. The van der Waals surface area contributed by atoms with Crippen molar-refractivity contribution < 1.29 is 22.8 Å². The van der Waals surface area contributed by atoms with Gasteiger partial charge < -0.3 is 10.6 Å². The lowest BCUT2D eigenvalue weighted by Crippen LogP contribution is -2.41. The first-order chi connectivity index (χ1) is 13.8. The molecule has 2 unspecified atom stereocenters. The van der Waals surface area contributed by atoms with Crippen LogP contribution >= 0.6 is 0 Å². The first-order valence-electron chi connectivity index (χ1n) is 10.0. The van der Waals surface area contributed by atoms with Gasteiger partial charge in [-0.2, -0.15) is 13.2 Å². The number of halogens is 3. The lowest BCUT2D eigenvalue weighted by atomic mass is 9.85. The molecule has 0 bridgehead atoms. The summed E-state index contributed by atoms with van der Waals surface area (Å²) in [5.74, 6) is -1.98. The predicted molar refractivity (Wildman–Crippen MR) is 105 cm³/mol. The van der Waals surface area contributed by atoms with Crippen LogP contribution in [0.15, 0.2) is 36.4 Å². The smallest absolute Gasteiger partial charge is 0.349 e. The zero-order chi connectivity index (χ0) is 20.6. The van der Waals surface area contributed by atoms with Gasteiger partial charge in [-0.1, -0.05) is 30.7 Å². The van der Waals surface area contributed by atoms with Gasteiger partial charge in [0.05, 0.1) is 17.2 Å². The molecule has 154 valence electrons. The van der Waals surface area contributed by atoms with Gasteiger partial charge in [-0.05, 0) is 55.0 Å². The van der Waals surface area contributed by atoms with Crippen molar-refractivity contribution in [3.63, 3.8) is 0 Å². The number of hydrogen-bond acceptors (Lipinski definition) is 2. The fourth-order valence-electron chi connectivity index (χ4n) is 3.99. The van der Waals surface area contributed by atoms with Crippen molar-refractivity contribution in [3.05, 3.63) is 42.0 Å². The Morgan fingerprint density at radius 1 is 0.966 bits per heavy atom. The minimum atomic E-state index is -4.24. The minimum Gasteiger partial charge on any atom is -0.349 e. The third kappa shape index (κ3) is 4.54. The van der Waals surface area contributed by atoms with Gasteiger partial charge in [-0.3, -0.25) is 9.59 Å². The topological polar surface area (TPSA) is 58.2 Å². The molecule has 0 aromatic heterocycles. The molecule has 2 amide bonds. The largest absolute Gasteiger partial charge is 0.391 e. The third-order valence-electron chi connectivity index (χ3n) is 5.81. The first-order valence-corrected chi connectivity index (χ1v) is 10.0. The number of fused-ring (bicyclic) bond motifs is 1. The summed E-state index contributed by atoms with van der Waals surface area (Å²) in [5, 5.41) is 7.32. The molecule has 2 saturated carbocycles. The highest BCUT2D eigenvalue weighted by Gasteiger charge is 2.42. The van der Waals surface area contributed by atoms with E-state index in [0.29, 0.717) is 18.5 Å². The summed E-state index contributed by atoms with van der Waals surface area (Å²) in [5.41, 5.74) is 0.688. The number of anilines is 1. The summed E-state index contributed by atoms with van der Waals surface area (Å²) in [4.78, 5) is 25.2. The molecule has 2 aliphatic carbocycles. The van der Waals surface area contributed by atoms with E-state index in [1.165, 1.54) is 0 Å². The van der Waals surface area contributed by atoms with E-state index in [0.717, 1.165) is 23.6 Å². The van der Waals surface area contributed by atoms with Gasteiger partial charge in [0.2, 0.25) is 5.91 Å². The highest BCUT2D eigenvalue weighted by atomic mass is 19.4. The maximum absolute atomic E-state index is 13.1. The van der Waals surface area contributed by atoms with Crippen molar-refractivity contribution in [2.45, 2.75) is 50.7 Å². The summed E-state index contributed by atoms with van der Waals surface area (Å²) in [6, 6.07) is 10.4. The third-order valence-corrected chi connectivity index (χ3v) is 5.81. The fraction of sp³-hybridized carbons (Fsp3) is 0.455. The number of carbonyl (C=O) groups excluding carboxylic acids is 2. The monoisotopic (exact) mass is 404 g/mol. The Balaban J connectivity index is 1.57. The molecule has 0 spiro atoms. The van der Waals surface area contributed by atoms with Gasteiger partial charge in [-0.25, -0.2) is 0 Å². The average Bonchev–Trinajstić information content (AvgIpc) is 3.52. The van der Waals surface area contributed by atoms with Crippen molar-refractivity contribution in [2.24, 2.45) is 11.8 Å². The molecule has 0 heterocycles. The zero-order valence-electron chi connectivity index (χ0n) is 15.9. The van der Waals surface area contributed by atoms with Crippen LogP contribution in [0.5, 0.6) is 0 Å². The molecule has 2 aliphatic rings. The van der Waals surface area contributed by atoms with Crippen LogP contribution in [-0.2, 0) is 4.79 Å². The molecule has 2 fully saturated rings. The summed E-state index contributed by atoms with van der Waals surface area (Å²) in [7, 11) is 0. The van der Waals surface area contributed by atoms with E-state index in [1.807, 2.05) is 24.3 Å². The second kappa shape index (κ2) is 7.69. The lowest BCUT2D eigenvalue weighted by Gasteiger charge is -2.31. The van der Waals surface area contributed by atoms with Gasteiger partial charge in [0.1, 0.15) is 0 Å². The minimum absolute atomic E-state index is 0.0248. The molecule has 2 N–H and O–H groups in total. The maximum atomic E-state index is 13.1. The van der Waals surface area contributed by atoms with Gasteiger partial charge in [0.25, 0.3) is 5.91 Å². The van der Waals surface area contributed by atoms with E-state index in [1.54, 1.807) is 12.1 Å². The van der Waals surface area contributed by atoms with Gasteiger partial charge >= 0.3 is 6.18 Å². The van der Waals surface area contributed by atoms with Crippen molar-refractivity contribution >= 4 is 28.3 Å². The molecular formula is C22H23F3N2O2. The van der Waals surface area contributed by atoms with Crippen LogP contribution in [0.2, 0.25) is 0 Å². The molecule has 2 atom stereocenters. The number of alkyl halides is 3. The molecule has 4 nitrogen and oxygen atoms in total. The summed E-state index contributed by atoms with van der Waals surface area (Å²) >= 11 is 0. The van der Waals surface area contributed by atoms with Crippen LogP contribution in [-0.4, -0.2) is 24.0 Å². The van der Waals surface area contributed by atoms with Crippen molar-refractivity contribution in [1.82, 2.24) is 5.32 Å². The average molecular weight is 404 g/mol. The molecular weight excluding hydrogens is 381 g/mol. The Labute approximate surface area is 166 Å². The number of rotatable bonds is 4. The number of benzene rings is 2. The molecule has 0 saturated heterocycles. The SMILES string of the molecule is O=C(NC1CCCC(C(F)(F)F)C1)c1cc2ccccc2cc1NC(=O)C1CC1. The number of amides is 2. The molecule has 7 heteroatoms. The van der Waals surface area contributed by atoms with Crippen LogP contribution in [0.25, 0.3) is 10.8 Å². The fourth-order valence-corrected chi connectivity index (χ4v) is 3.99. The van der Waals surface area contributed by atoms with E-state index in [9.17, 15) is 22.8 Å². The van der Waals surface area contributed by atoms with Gasteiger partial charge in [-0.15, -0.1) is 0 Å². The van der Waals surface area contributed by atoms with Crippen LogP contribution in [0.3, 0.4) is 0 Å². The molecule has 0 radical (unpaired) electrons. The highest BCUT2D eigenvalue weighted by Crippen LogP contribution is 2.38. The van der Waals surface area contributed by atoms with Gasteiger partial charge in [0, 0.05) is 12.0 Å². The first kappa shape index (κ1) is 19.7. The van der Waals surface area contributed by atoms with E-state index in [-0.39, 0.29) is 30.2 Å². The maximum Gasteiger partial charge on any atom is 0.391 e. The number of hydrogen-bond donors (Lipinski definition) is 2. The van der Waals surface area contributed by atoms with Crippen LogP contribution in [0, 0.1) is 11.8 Å². The van der Waals surface area contributed by atoms with Crippen LogP contribution in [0.4, 0.5) is 18.9 Å². The molecule has 29 heavy (non-hydrogen) atoms. The Kier molecular flexibility index (Phi) is 5.23. The van der Waals surface area contributed by atoms with Crippen molar-refractivity contribution in [1.29, 1.82) is 0 Å². The van der Waals surface area contributed by atoms with Crippen LogP contribution < -0.4 is 10.6 Å². The second-order valence-corrected chi connectivity index (χ2v) is 8.08. The standard InChI is InChI=1S/C22H23F3N2O2/c23-22(24,25)16-6-3-7-17(12-16)26-21(29)18-10-14-4-1-2-5-15(14)11-19(18)27-20(28)13-8-9-13/h1-2,4-5,10-11,13,16-17H,3,6-9,12H2,(H,26,29)(H,27,28).